The quantitative estimate of drug-likeness (QED) is 0.289. The summed E-state index contributed by atoms with van der Waals surface area (Å²) < 4.78 is 116. The van der Waals surface area contributed by atoms with Gasteiger partial charge in [-0.3, -0.25) is 0 Å². The minimum Gasteiger partial charge on any atom is -0.421 e. The zero-order valence-corrected chi connectivity index (χ0v) is 18.9. The fourth-order valence-corrected chi connectivity index (χ4v) is 4.64. The molecule has 0 aliphatic carbocycles. The Kier molecular flexibility index (Phi) is 8.87. The fraction of sp³-hybridized carbons (Fsp3) is 0.444. The monoisotopic (exact) mass is 635 g/mol. The third-order valence-electron chi connectivity index (χ3n) is 2.23. The number of halogens is 9. The first kappa shape index (κ1) is 26.6. The van der Waals surface area contributed by atoms with Crippen molar-refractivity contribution in [3.8, 4) is 12.3 Å². The zero-order chi connectivity index (χ0) is 22.0. The highest BCUT2D eigenvalue weighted by Gasteiger charge is 2.46. The van der Waals surface area contributed by atoms with Gasteiger partial charge in [0, 0.05) is 47.8 Å². The molecule has 0 saturated heterocycles. The van der Waals surface area contributed by atoms with Crippen LogP contribution in [0, 0.1) is 12.3 Å². The van der Waals surface area contributed by atoms with Gasteiger partial charge in [0.05, 0.1) is 7.05 Å². The van der Waals surface area contributed by atoms with E-state index in [0.717, 1.165) is 18.1 Å². The molecule has 0 fully saturated rings. The number of hydrogen-bond acceptors (Lipinski definition) is 4. The topological polar surface area (TPSA) is 91.2 Å². The second-order valence-corrected chi connectivity index (χ2v) is 9.75. The second-order valence-electron chi connectivity index (χ2n) is 4.12. The van der Waals surface area contributed by atoms with Crippen LogP contribution in [0.15, 0.2) is 13.9 Å². The number of sulfonamides is 2. The Bertz CT molecular complexity index is 880. The minimum atomic E-state index is -6.72. The lowest BCUT2D eigenvalue weighted by Gasteiger charge is -2.22. The van der Waals surface area contributed by atoms with E-state index in [-0.39, 0.29) is 0 Å². The third-order valence-corrected chi connectivity index (χ3v) is 8.18. The SMILES string of the molecule is C#CCn1c(Br)c(Br)[n+](C)c1Br.O=S(=O)([N-]S(=O)(=O)C(F)(F)F)C(F)(F)F. The molecule has 0 aliphatic rings. The van der Waals surface area contributed by atoms with Crippen LogP contribution in [0.1, 0.15) is 0 Å². The molecule has 1 aromatic heterocycles. The van der Waals surface area contributed by atoms with E-state index in [1.54, 1.807) is 0 Å². The van der Waals surface area contributed by atoms with Crippen LogP contribution in [-0.2, 0) is 33.6 Å². The first-order valence-electron chi connectivity index (χ1n) is 5.69. The number of terminal acetylenes is 1. The van der Waals surface area contributed by atoms with Crippen LogP contribution < -0.4 is 4.57 Å². The van der Waals surface area contributed by atoms with Crippen molar-refractivity contribution in [2.24, 2.45) is 7.05 Å². The molecular weight excluding hydrogens is 632 g/mol. The summed E-state index contributed by atoms with van der Waals surface area (Å²) >= 11 is 10.3. The van der Waals surface area contributed by atoms with Crippen LogP contribution in [0.25, 0.3) is 4.13 Å². The largest absolute Gasteiger partial charge is 0.480 e. The molecule has 27 heavy (non-hydrogen) atoms. The Morgan fingerprint density at radius 3 is 1.63 bits per heavy atom. The zero-order valence-electron chi connectivity index (χ0n) is 12.5. The molecule has 1 rings (SSSR count). The van der Waals surface area contributed by atoms with E-state index in [1.807, 2.05) is 16.2 Å². The molecular formula is C9H6Br3F6N3O4S2. The van der Waals surface area contributed by atoms with Gasteiger partial charge in [-0.25, -0.2) is 21.4 Å². The maximum Gasteiger partial charge on any atom is 0.480 e. The summed E-state index contributed by atoms with van der Waals surface area (Å²) in [5.41, 5.74) is -12.4. The van der Waals surface area contributed by atoms with Gasteiger partial charge in [0.25, 0.3) is 0 Å². The molecule has 1 aromatic rings. The summed E-state index contributed by atoms with van der Waals surface area (Å²) in [5, 5.41) is 0. The number of aromatic nitrogens is 2. The normalized spacial score (nSPS) is 12.9. The van der Waals surface area contributed by atoms with E-state index < -0.39 is 31.1 Å². The summed E-state index contributed by atoms with van der Waals surface area (Å²) in [6.07, 6.45) is 5.22. The number of alkyl halides is 6. The number of rotatable bonds is 3. The highest BCUT2D eigenvalue weighted by molar-refractivity contribution is 9.13. The van der Waals surface area contributed by atoms with E-state index >= 15 is 0 Å². The van der Waals surface area contributed by atoms with Crippen LogP contribution >= 0.6 is 47.8 Å². The minimum absolute atomic E-state index is 0.542. The van der Waals surface area contributed by atoms with E-state index in [4.69, 9.17) is 6.42 Å². The van der Waals surface area contributed by atoms with E-state index in [9.17, 15) is 43.2 Å². The predicted octanol–water partition coefficient (Wildman–Crippen LogP) is 3.29. The summed E-state index contributed by atoms with van der Waals surface area (Å²) in [6.45, 7) is 0.542. The van der Waals surface area contributed by atoms with Crippen LogP contribution in [0.4, 0.5) is 26.3 Å². The Morgan fingerprint density at radius 2 is 1.41 bits per heavy atom. The van der Waals surface area contributed by atoms with Crippen LogP contribution in [0.3, 0.4) is 0 Å². The maximum atomic E-state index is 11.4. The molecule has 0 radical (unpaired) electrons. The molecule has 1 heterocycles. The Labute approximate surface area is 174 Å². The van der Waals surface area contributed by atoms with E-state index in [0.29, 0.717) is 6.54 Å². The van der Waals surface area contributed by atoms with Crippen molar-refractivity contribution in [1.82, 2.24) is 4.57 Å². The molecule has 0 aromatic carbocycles. The van der Waals surface area contributed by atoms with Gasteiger partial charge in [0.15, 0.2) is 26.6 Å². The number of hydrogen-bond donors (Lipinski definition) is 0. The molecule has 0 unspecified atom stereocenters. The highest BCUT2D eigenvalue weighted by Crippen LogP contribution is 2.36. The first-order chi connectivity index (χ1) is 11.8. The van der Waals surface area contributed by atoms with Crippen LogP contribution in [0.2, 0.25) is 0 Å². The van der Waals surface area contributed by atoms with E-state index in [2.05, 4.69) is 53.7 Å². The van der Waals surface area contributed by atoms with Crippen molar-refractivity contribution in [2.75, 3.05) is 0 Å². The summed E-state index contributed by atoms with van der Waals surface area (Å²) in [4.78, 5) is 0. The Morgan fingerprint density at radius 1 is 1.04 bits per heavy atom. The molecule has 0 N–H and O–H groups in total. The average Bonchev–Trinajstić information content (AvgIpc) is 2.63. The molecule has 0 spiro atoms. The number of imidazole rings is 1. The summed E-state index contributed by atoms with van der Waals surface area (Å²) in [7, 11) is -11.5. The fourth-order valence-electron chi connectivity index (χ4n) is 1.03. The lowest BCUT2D eigenvalue weighted by molar-refractivity contribution is -0.693. The van der Waals surface area contributed by atoms with Gasteiger partial charge in [0.1, 0.15) is 0 Å². The predicted molar refractivity (Wildman–Crippen MR) is 90.8 cm³/mol. The standard InChI is InChI=1S/C7H6Br3N2.C2F6NO4S2/c1-3-4-12-6(9)5(8)11(2)7(12)10;3-1(4,5)14(10,11)9-15(12,13)2(6,7)8/h1H,4H2,2H3;/q+1;-1. The molecule has 156 valence electrons. The molecule has 7 nitrogen and oxygen atoms in total. The maximum absolute atomic E-state index is 11.4. The van der Waals surface area contributed by atoms with Gasteiger partial charge in [-0.1, -0.05) is 5.92 Å². The van der Waals surface area contributed by atoms with Gasteiger partial charge in [-0.15, -0.1) is 6.42 Å². The molecule has 18 heteroatoms. The van der Waals surface area contributed by atoms with Crippen LogP contribution in [0.5, 0.6) is 0 Å². The summed E-state index contributed by atoms with van der Waals surface area (Å²) in [5.74, 6) is 2.58. The van der Waals surface area contributed by atoms with Gasteiger partial charge in [0.2, 0.25) is 9.21 Å². The van der Waals surface area contributed by atoms with Crippen molar-refractivity contribution < 1.29 is 47.7 Å². The smallest absolute Gasteiger partial charge is 0.421 e. The third kappa shape index (κ3) is 6.59. The molecule has 0 atom stereocenters. The number of nitrogens with zero attached hydrogens (tertiary/aromatic N) is 3. The summed E-state index contributed by atoms with van der Waals surface area (Å²) in [6, 6.07) is 0. The van der Waals surface area contributed by atoms with Crippen LogP contribution in [-0.4, -0.2) is 32.4 Å². The molecule has 0 amide bonds. The van der Waals surface area contributed by atoms with Crippen molar-refractivity contribution in [2.45, 2.75) is 17.6 Å². The van der Waals surface area contributed by atoms with Gasteiger partial charge < -0.3 is 4.13 Å². The van der Waals surface area contributed by atoms with Crippen molar-refractivity contribution >= 4 is 67.8 Å². The van der Waals surface area contributed by atoms with Gasteiger partial charge in [-0.2, -0.15) is 30.9 Å². The Hall–Kier alpha value is -0.350. The molecule has 0 aliphatic heterocycles. The van der Waals surface area contributed by atoms with Crippen molar-refractivity contribution in [1.29, 1.82) is 0 Å². The van der Waals surface area contributed by atoms with Gasteiger partial charge in [-0.05, 0) is 0 Å². The average molecular weight is 638 g/mol. The van der Waals surface area contributed by atoms with Crippen molar-refractivity contribution in [3.05, 3.63) is 18.1 Å². The van der Waals surface area contributed by atoms with E-state index in [1.165, 1.54) is 0 Å². The molecule has 0 bridgehead atoms. The lowest BCUT2D eigenvalue weighted by Crippen LogP contribution is -2.30. The Balaban J connectivity index is 0.000000511. The first-order valence-corrected chi connectivity index (χ1v) is 11.0. The lowest BCUT2D eigenvalue weighted by atomic mass is 10.6. The molecule has 0 saturated carbocycles. The second kappa shape index (κ2) is 8.98. The van der Waals surface area contributed by atoms with Gasteiger partial charge >= 0.3 is 15.8 Å². The highest BCUT2D eigenvalue weighted by atomic mass is 79.9. The van der Waals surface area contributed by atoms with Crippen molar-refractivity contribution in [3.63, 3.8) is 0 Å².